The van der Waals surface area contributed by atoms with Gasteiger partial charge in [-0.1, -0.05) is 0 Å². The van der Waals surface area contributed by atoms with Gasteiger partial charge in [0.05, 0.1) is 25.0 Å². The minimum Gasteiger partial charge on any atom is -0.496 e. The molecule has 0 saturated carbocycles. The van der Waals surface area contributed by atoms with E-state index in [4.69, 9.17) is 10.6 Å². The van der Waals surface area contributed by atoms with Gasteiger partial charge in [0.15, 0.2) is 0 Å². The Hall–Kier alpha value is -2.05. The van der Waals surface area contributed by atoms with E-state index in [2.05, 4.69) is 15.4 Å². The summed E-state index contributed by atoms with van der Waals surface area (Å²) in [6.07, 6.45) is 4.67. The van der Waals surface area contributed by atoms with Gasteiger partial charge in [-0.2, -0.15) is 0 Å². The number of nitrogens with zero attached hydrogens (tertiary/aromatic N) is 2. The second-order valence-corrected chi connectivity index (χ2v) is 3.62. The second-order valence-electron chi connectivity index (χ2n) is 3.62. The monoisotopic (exact) mass is 248 g/mol. The van der Waals surface area contributed by atoms with Crippen molar-refractivity contribution >= 4 is 0 Å². The largest absolute Gasteiger partial charge is 0.496 e. The number of nitrogens with two attached hydrogens (primary N) is 1. The molecule has 1 heterocycles. The van der Waals surface area contributed by atoms with Crippen molar-refractivity contribution < 1.29 is 9.13 Å². The summed E-state index contributed by atoms with van der Waals surface area (Å²) in [7, 11) is 1.51. The lowest BCUT2D eigenvalue weighted by Crippen LogP contribution is -2.30. The van der Waals surface area contributed by atoms with Gasteiger partial charge < -0.3 is 4.74 Å². The number of rotatable bonds is 4. The van der Waals surface area contributed by atoms with Gasteiger partial charge in [0, 0.05) is 18.0 Å². The molecule has 0 spiro atoms. The van der Waals surface area contributed by atoms with Gasteiger partial charge in [-0.05, 0) is 18.2 Å². The maximum absolute atomic E-state index is 13.3. The summed E-state index contributed by atoms with van der Waals surface area (Å²) in [4.78, 5) is 8.11. The maximum atomic E-state index is 13.3. The van der Waals surface area contributed by atoms with Crippen LogP contribution in [0.2, 0.25) is 0 Å². The Balaban J connectivity index is 2.48. The van der Waals surface area contributed by atoms with Crippen LogP contribution in [0.25, 0.3) is 0 Å². The summed E-state index contributed by atoms with van der Waals surface area (Å²) in [6, 6.07) is 3.75. The molecule has 6 heteroatoms. The van der Waals surface area contributed by atoms with Crippen LogP contribution in [0.3, 0.4) is 0 Å². The van der Waals surface area contributed by atoms with Crippen LogP contribution in [-0.2, 0) is 0 Å². The first-order chi connectivity index (χ1) is 8.76. The highest BCUT2D eigenvalue weighted by Gasteiger charge is 2.19. The third-order valence-electron chi connectivity index (χ3n) is 2.55. The second kappa shape index (κ2) is 5.52. The number of methoxy groups -OCH3 is 1. The Kier molecular flexibility index (Phi) is 3.81. The molecule has 1 aromatic carbocycles. The van der Waals surface area contributed by atoms with Crippen LogP contribution in [0.15, 0.2) is 36.8 Å². The minimum atomic E-state index is -0.482. The van der Waals surface area contributed by atoms with Crippen LogP contribution in [0.1, 0.15) is 17.3 Å². The van der Waals surface area contributed by atoms with Crippen LogP contribution in [0.5, 0.6) is 5.75 Å². The first-order valence-corrected chi connectivity index (χ1v) is 5.31. The minimum absolute atomic E-state index is 0.366. The molecule has 18 heavy (non-hydrogen) atoms. The summed E-state index contributed by atoms with van der Waals surface area (Å²) in [5, 5.41) is 0. The fourth-order valence-electron chi connectivity index (χ4n) is 1.72. The molecule has 0 aliphatic heterocycles. The van der Waals surface area contributed by atoms with E-state index in [-0.39, 0.29) is 5.82 Å². The molecule has 1 aromatic heterocycles. The standard InChI is InChI=1S/C12H13FN4O/c1-18-11-3-2-8(13)6-9(11)12(17-14)10-7-15-4-5-16-10/h2-7,12,17H,14H2,1H3. The highest BCUT2D eigenvalue weighted by atomic mass is 19.1. The van der Waals surface area contributed by atoms with Crippen LogP contribution >= 0.6 is 0 Å². The molecular formula is C12H13FN4O. The zero-order valence-electron chi connectivity index (χ0n) is 9.80. The number of nitrogens with one attached hydrogen (secondary N) is 1. The van der Waals surface area contributed by atoms with Gasteiger partial charge in [0.2, 0.25) is 0 Å². The highest BCUT2D eigenvalue weighted by molar-refractivity contribution is 5.39. The average molecular weight is 248 g/mol. The Labute approximate surface area is 104 Å². The quantitative estimate of drug-likeness (QED) is 0.628. The molecular weight excluding hydrogens is 235 g/mol. The van der Waals surface area contributed by atoms with E-state index in [0.29, 0.717) is 17.0 Å². The van der Waals surface area contributed by atoms with Crippen molar-refractivity contribution in [2.75, 3.05) is 7.11 Å². The molecule has 94 valence electrons. The molecule has 1 atom stereocenters. The van der Waals surface area contributed by atoms with Gasteiger partial charge in [0.1, 0.15) is 11.6 Å². The van der Waals surface area contributed by atoms with Crippen molar-refractivity contribution in [3.8, 4) is 5.75 Å². The fourth-order valence-corrected chi connectivity index (χ4v) is 1.72. The number of halogens is 1. The van der Waals surface area contributed by atoms with E-state index >= 15 is 0 Å². The number of hydrogen-bond donors (Lipinski definition) is 2. The lowest BCUT2D eigenvalue weighted by molar-refractivity contribution is 0.402. The van der Waals surface area contributed by atoms with Crippen molar-refractivity contribution in [2.24, 2.45) is 5.84 Å². The molecule has 0 amide bonds. The predicted molar refractivity (Wildman–Crippen MR) is 64.2 cm³/mol. The Morgan fingerprint density at radius 3 is 2.83 bits per heavy atom. The Morgan fingerprint density at radius 1 is 1.39 bits per heavy atom. The third kappa shape index (κ3) is 2.44. The van der Waals surface area contributed by atoms with Crippen molar-refractivity contribution in [2.45, 2.75) is 6.04 Å². The Morgan fingerprint density at radius 2 is 2.22 bits per heavy atom. The van der Waals surface area contributed by atoms with Crippen LogP contribution in [0.4, 0.5) is 4.39 Å². The molecule has 0 bridgehead atoms. The number of aromatic nitrogens is 2. The molecule has 5 nitrogen and oxygen atoms in total. The van der Waals surface area contributed by atoms with Gasteiger partial charge in [-0.15, -0.1) is 0 Å². The molecule has 3 N–H and O–H groups in total. The maximum Gasteiger partial charge on any atom is 0.124 e. The molecule has 1 unspecified atom stereocenters. The van der Waals surface area contributed by atoms with Gasteiger partial charge in [0.25, 0.3) is 0 Å². The van der Waals surface area contributed by atoms with E-state index in [1.165, 1.54) is 19.2 Å². The summed E-state index contributed by atoms with van der Waals surface area (Å²) in [5.41, 5.74) is 3.74. The fraction of sp³-hybridized carbons (Fsp3) is 0.167. The van der Waals surface area contributed by atoms with Crippen molar-refractivity contribution in [3.63, 3.8) is 0 Å². The van der Waals surface area contributed by atoms with Gasteiger partial charge in [-0.25, -0.2) is 9.82 Å². The SMILES string of the molecule is COc1ccc(F)cc1C(NN)c1cnccn1. The zero-order chi connectivity index (χ0) is 13.0. The summed E-state index contributed by atoms with van der Waals surface area (Å²) < 4.78 is 18.5. The van der Waals surface area contributed by atoms with E-state index in [0.717, 1.165) is 0 Å². The molecule has 0 saturated heterocycles. The van der Waals surface area contributed by atoms with Crippen LogP contribution < -0.4 is 16.0 Å². The number of hydrazine groups is 1. The van der Waals surface area contributed by atoms with Crippen molar-refractivity contribution in [1.29, 1.82) is 0 Å². The van der Waals surface area contributed by atoms with E-state index in [1.54, 1.807) is 24.7 Å². The normalized spacial score (nSPS) is 12.2. The first kappa shape index (κ1) is 12.4. The zero-order valence-corrected chi connectivity index (χ0v) is 9.80. The summed E-state index contributed by atoms with van der Waals surface area (Å²) >= 11 is 0. The van der Waals surface area contributed by atoms with Crippen molar-refractivity contribution in [1.82, 2.24) is 15.4 Å². The molecule has 2 rings (SSSR count). The van der Waals surface area contributed by atoms with Crippen molar-refractivity contribution in [3.05, 3.63) is 53.9 Å². The van der Waals surface area contributed by atoms with E-state index in [9.17, 15) is 4.39 Å². The molecule has 2 aromatic rings. The lowest BCUT2D eigenvalue weighted by Gasteiger charge is -2.18. The highest BCUT2D eigenvalue weighted by Crippen LogP contribution is 2.28. The summed E-state index contributed by atoms with van der Waals surface area (Å²) in [5.74, 6) is 5.68. The Bertz CT molecular complexity index is 521. The van der Waals surface area contributed by atoms with E-state index < -0.39 is 6.04 Å². The predicted octanol–water partition coefficient (Wildman–Crippen LogP) is 1.18. The smallest absolute Gasteiger partial charge is 0.124 e. The lowest BCUT2D eigenvalue weighted by atomic mass is 10.0. The molecule has 0 fully saturated rings. The number of hydrogen-bond acceptors (Lipinski definition) is 5. The van der Waals surface area contributed by atoms with Gasteiger partial charge in [-0.3, -0.25) is 15.8 Å². The molecule has 0 aliphatic rings. The van der Waals surface area contributed by atoms with E-state index in [1.807, 2.05) is 0 Å². The third-order valence-corrected chi connectivity index (χ3v) is 2.55. The first-order valence-electron chi connectivity index (χ1n) is 5.31. The number of benzene rings is 1. The van der Waals surface area contributed by atoms with Gasteiger partial charge >= 0.3 is 0 Å². The average Bonchev–Trinajstić information content (AvgIpc) is 2.41. The molecule has 0 radical (unpaired) electrons. The topological polar surface area (TPSA) is 73.1 Å². The van der Waals surface area contributed by atoms with Crippen LogP contribution in [-0.4, -0.2) is 17.1 Å². The summed E-state index contributed by atoms with van der Waals surface area (Å²) in [6.45, 7) is 0. The van der Waals surface area contributed by atoms with Crippen LogP contribution in [0, 0.1) is 5.82 Å². The number of ether oxygens (including phenoxy) is 1. The molecule has 0 aliphatic carbocycles.